The van der Waals surface area contributed by atoms with Gasteiger partial charge in [0.1, 0.15) is 0 Å². The van der Waals surface area contributed by atoms with Gasteiger partial charge in [-0.2, -0.15) is 0 Å². The molecule has 0 radical (unpaired) electrons. The van der Waals surface area contributed by atoms with Crippen molar-refractivity contribution in [3.8, 4) is 0 Å². The molecule has 0 aliphatic heterocycles. The van der Waals surface area contributed by atoms with Crippen LogP contribution in [0.1, 0.15) is 23.3 Å². The van der Waals surface area contributed by atoms with E-state index in [1.807, 2.05) is 0 Å². The van der Waals surface area contributed by atoms with Gasteiger partial charge in [0, 0.05) is 13.1 Å². The van der Waals surface area contributed by atoms with E-state index in [4.69, 9.17) is 11.5 Å². The molecule has 0 unspecified atom stereocenters. The zero-order valence-corrected chi connectivity index (χ0v) is 9.22. The molecular formula is C9H18N6O. The van der Waals surface area contributed by atoms with Crippen molar-refractivity contribution in [2.45, 2.75) is 19.4 Å². The van der Waals surface area contributed by atoms with Crippen LogP contribution in [-0.4, -0.2) is 40.5 Å². The van der Waals surface area contributed by atoms with Gasteiger partial charge >= 0.3 is 0 Å². The van der Waals surface area contributed by atoms with Crippen LogP contribution in [0.2, 0.25) is 0 Å². The van der Waals surface area contributed by atoms with Crippen molar-refractivity contribution in [2.24, 2.45) is 11.5 Å². The second-order valence-corrected chi connectivity index (χ2v) is 3.41. The Kier molecular flexibility index (Phi) is 5.44. The largest absolute Gasteiger partial charge is 0.351 e. The predicted octanol–water partition coefficient (Wildman–Crippen LogP) is -1.29. The molecule has 7 nitrogen and oxygen atoms in total. The van der Waals surface area contributed by atoms with E-state index in [-0.39, 0.29) is 5.91 Å². The lowest BCUT2D eigenvalue weighted by Gasteiger charge is -2.00. The van der Waals surface area contributed by atoms with Gasteiger partial charge in [-0.1, -0.05) is 5.21 Å². The third kappa shape index (κ3) is 3.95. The van der Waals surface area contributed by atoms with E-state index in [1.54, 1.807) is 10.9 Å². The smallest absolute Gasteiger partial charge is 0.273 e. The summed E-state index contributed by atoms with van der Waals surface area (Å²) in [6.07, 6.45) is 3.37. The first-order valence-electron chi connectivity index (χ1n) is 5.36. The zero-order valence-electron chi connectivity index (χ0n) is 9.22. The minimum Gasteiger partial charge on any atom is -0.351 e. The first-order chi connectivity index (χ1) is 7.77. The maximum absolute atomic E-state index is 11.5. The summed E-state index contributed by atoms with van der Waals surface area (Å²) < 4.78 is 1.55. The summed E-state index contributed by atoms with van der Waals surface area (Å²) in [7, 11) is 0. The van der Waals surface area contributed by atoms with Crippen molar-refractivity contribution in [1.82, 2.24) is 20.3 Å². The molecule has 1 aromatic heterocycles. The van der Waals surface area contributed by atoms with Crippen LogP contribution in [0.4, 0.5) is 0 Å². The Hall–Kier alpha value is -1.47. The highest BCUT2D eigenvalue weighted by molar-refractivity contribution is 5.91. The quantitative estimate of drug-likeness (QED) is 0.501. The van der Waals surface area contributed by atoms with Crippen molar-refractivity contribution < 1.29 is 4.79 Å². The number of aromatic nitrogens is 3. The fourth-order valence-corrected chi connectivity index (χ4v) is 1.21. The molecule has 0 spiro atoms. The predicted molar refractivity (Wildman–Crippen MR) is 59.7 cm³/mol. The van der Waals surface area contributed by atoms with E-state index in [0.29, 0.717) is 31.9 Å². The molecule has 1 rings (SSSR count). The van der Waals surface area contributed by atoms with Gasteiger partial charge in [-0.15, -0.1) is 5.10 Å². The molecule has 0 aliphatic carbocycles. The molecule has 90 valence electrons. The van der Waals surface area contributed by atoms with Crippen LogP contribution in [-0.2, 0) is 6.54 Å². The molecule has 7 heteroatoms. The van der Waals surface area contributed by atoms with Crippen LogP contribution in [0.3, 0.4) is 0 Å². The molecule has 0 aromatic carbocycles. The summed E-state index contributed by atoms with van der Waals surface area (Å²) in [5.74, 6) is -0.208. The molecule has 5 N–H and O–H groups in total. The standard InChI is InChI=1S/C9H18N6O/c10-3-1-2-5-12-9(16)8-7-15(6-4-11)14-13-8/h7H,1-6,10-11H2,(H,12,16). The van der Waals surface area contributed by atoms with Gasteiger partial charge in [-0.25, -0.2) is 0 Å². The Morgan fingerprint density at radius 1 is 1.38 bits per heavy atom. The molecule has 0 saturated heterocycles. The fraction of sp³-hybridized carbons (Fsp3) is 0.667. The second kappa shape index (κ2) is 6.91. The fourth-order valence-electron chi connectivity index (χ4n) is 1.21. The molecular weight excluding hydrogens is 208 g/mol. The van der Waals surface area contributed by atoms with E-state index in [0.717, 1.165) is 12.8 Å². The average Bonchev–Trinajstić information content (AvgIpc) is 2.73. The molecule has 0 bridgehead atoms. The molecule has 0 atom stereocenters. The highest BCUT2D eigenvalue weighted by Crippen LogP contribution is 1.93. The number of carbonyl (C=O) groups is 1. The van der Waals surface area contributed by atoms with E-state index in [1.165, 1.54) is 0 Å². The third-order valence-electron chi connectivity index (χ3n) is 2.05. The van der Waals surface area contributed by atoms with Crippen molar-refractivity contribution in [1.29, 1.82) is 0 Å². The van der Waals surface area contributed by atoms with Gasteiger partial charge in [0.05, 0.1) is 12.7 Å². The van der Waals surface area contributed by atoms with Crippen molar-refractivity contribution in [3.05, 3.63) is 11.9 Å². The van der Waals surface area contributed by atoms with Crippen molar-refractivity contribution in [2.75, 3.05) is 19.6 Å². The third-order valence-corrected chi connectivity index (χ3v) is 2.05. The molecule has 1 amide bonds. The van der Waals surface area contributed by atoms with Crippen LogP contribution >= 0.6 is 0 Å². The summed E-state index contributed by atoms with van der Waals surface area (Å²) in [5, 5.41) is 10.3. The Bertz CT molecular complexity index is 324. The number of carbonyl (C=O) groups excluding carboxylic acids is 1. The monoisotopic (exact) mass is 226 g/mol. The molecule has 16 heavy (non-hydrogen) atoms. The lowest BCUT2D eigenvalue weighted by molar-refractivity contribution is 0.0948. The van der Waals surface area contributed by atoms with Crippen LogP contribution in [0, 0.1) is 0 Å². The highest BCUT2D eigenvalue weighted by atomic mass is 16.2. The summed E-state index contributed by atoms with van der Waals surface area (Å²) >= 11 is 0. The minimum absolute atomic E-state index is 0.208. The maximum atomic E-state index is 11.5. The molecule has 1 heterocycles. The topological polar surface area (TPSA) is 112 Å². The van der Waals surface area contributed by atoms with Crippen LogP contribution in [0.15, 0.2) is 6.20 Å². The number of hydrogen-bond acceptors (Lipinski definition) is 5. The van der Waals surface area contributed by atoms with Crippen molar-refractivity contribution in [3.63, 3.8) is 0 Å². The number of amides is 1. The number of nitrogens with zero attached hydrogens (tertiary/aromatic N) is 3. The molecule has 1 aromatic rings. The van der Waals surface area contributed by atoms with Gasteiger partial charge < -0.3 is 16.8 Å². The maximum Gasteiger partial charge on any atom is 0.273 e. The lowest BCUT2D eigenvalue weighted by Crippen LogP contribution is -2.25. The summed E-state index contributed by atoms with van der Waals surface area (Å²) in [4.78, 5) is 11.5. The Morgan fingerprint density at radius 2 is 2.19 bits per heavy atom. The van der Waals surface area contributed by atoms with Crippen LogP contribution in [0.25, 0.3) is 0 Å². The van der Waals surface area contributed by atoms with E-state index >= 15 is 0 Å². The Balaban J connectivity index is 2.34. The first-order valence-corrected chi connectivity index (χ1v) is 5.36. The second-order valence-electron chi connectivity index (χ2n) is 3.41. The lowest BCUT2D eigenvalue weighted by atomic mass is 10.3. The van der Waals surface area contributed by atoms with Crippen LogP contribution < -0.4 is 16.8 Å². The Labute approximate surface area is 94.2 Å². The van der Waals surface area contributed by atoms with Gasteiger partial charge in [0.2, 0.25) is 0 Å². The number of nitrogens with two attached hydrogens (primary N) is 2. The van der Waals surface area contributed by atoms with Gasteiger partial charge in [0.25, 0.3) is 5.91 Å². The SMILES string of the molecule is NCCCCNC(=O)c1cn(CCN)nn1. The summed E-state index contributed by atoms with van der Waals surface area (Å²) in [5.41, 5.74) is 11.0. The molecule has 0 fully saturated rings. The normalized spacial score (nSPS) is 10.4. The van der Waals surface area contributed by atoms with Crippen LogP contribution in [0.5, 0.6) is 0 Å². The molecule has 0 aliphatic rings. The number of nitrogens with one attached hydrogen (secondary N) is 1. The van der Waals surface area contributed by atoms with E-state index < -0.39 is 0 Å². The first kappa shape index (κ1) is 12.6. The highest BCUT2D eigenvalue weighted by Gasteiger charge is 2.09. The van der Waals surface area contributed by atoms with Gasteiger partial charge in [-0.3, -0.25) is 9.48 Å². The van der Waals surface area contributed by atoms with E-state index in [9.17, 15) is 4.79 Å². The zero-order chi connectivity index (χ0) is 11.8. The van der Waals surface area contributed by atoms with E-state index in [2.05, 4.69) is 15.6 Å². The summed E-state index contributed by atoms with van der Waals surface area (Å²) in [6.45, 7) is 2.29. The van der Waals surface area contributed by atoms with Crippen molar-refractivity contribution >= 4 is 5.91 Å². The number of unbranched alkanes of at least 4 members (excludes halogenated alkanes) is 1. The summed E-state index contributed by atoms with van der Waals surface area (Å²) in [6, 6.07) is 0. The Morgan fingerprint density at radius 3 is 2.88 bits per heavy atom. The average molecular weight is 226 g/mol. The number of hydrogen-bond donors (Lipinski definition) is 3. The van der Waals surface area contributed by atoms with Gasteiger partial charge in [0.15, 0.2) is 5.69 Å². The number of rotatable bonds is 7. The van der Waals surface area contributed by atoms with Gasteiger partial charge in [-0.05, 0) is 19.4 Å². The minimum atomic E-state index is -0.208. The molecule has 0 saturated carbocycles.